The number of nitrogens with one attached hydrogen (secondary N) is 1. The lowest BCUT2D eigenvalue weighted by Gasteiger charge is -2.33. The highest BCUT2D eigenvalue weighted by Crippen LogP contribution is 2.17. The van der Waals surface area contributed by atoms with Crippen LogP contribution in [0.15, 0.2) is 0 Å². The van der Waals surface area contributed by atoms with Crippen LogP contribution in [0, 0.1) is 5.92 Å². The molecule has 1 fully saturated rings. The van der Waals surface area contributed by atoms with Crippen LogP contribution in [0.4, 0.5) is 0 Å². The summed E-state index contributed by atoms with van der Waals surface area (Å²) >= 11 is 0. The summed E-state index contributed by atoms with van der Waals surface area (Å²) < 4.78 is 0. The van der Waals surface area contributed by atoms with E-state index in [4.69, 9.17) is 5.73 Å². The maximum absolute atomic E-state index is 11.8. The van der Waals surface area contributed by atoms with Gasteiger partial charge in [0, 0.05) is 19.6 Å². The molecule has 1 aliphatic heterocycles. The van der Waals surface area contributed by atoms with Gasteiger partial charge in [0.15, 0.2) is 0 Å². The molecule has 98 valence electrons. The van der Waals surface area contributed by atoms with Crippen molar-refractivity contribution in [1.29, 1.82) is 0 Å². The van der Waals surface area contributed by atoms with Gasteiger partial charge in [-0.25, -0.2) is 0 Å². The lowest BCUT2D eigenvalue weighted by molar-refractivity contribution is -0.136. The highest BCUT2D eigenvalue weighted by atomic mass is 16.2. The van der Waals surface area contributed by atoms with Crippen LogP contribution < -0.4 is 11.1 Å². The van der Waals surface area contributed by atoms with Crippen molar-refractivity contribution in [2.45, 2.75) is 39.2 Å². The number of nitrogens with two attached hydrogens (primary N) is 1. The fourth-order valence-corrected chi connectivity index (χ4v) is 2.07. The van der Waals surface area contributed by atoms with Gasteiger partial charge in [0.05, 0.1) is 12.0 Å². The molecule has 17 heavy (non-hydrogen) atoms. The molecule has 0 aromatic carbocycles. The molecule has 5 heteroatoms. The molecule has 0 bridgehead atoms. The van der Waals surface area contributed by atoms with Gasteiger partial charge >= 0.3 is 0 Å². The molecule has 0 aliphatic carbocycles. The standard InChI is InChI=1S/C12H23N3O2/c1-3-6-14-11(16)10-5-4-7-15(8-10)12(17)9(2)13/h9-10H,3-8,13H2,1-2H3,(H,14,16)/t9-,10?/m0/s1. The van der Waals surface area contributed by atoms with Gasteiger partial charge in [-0.2, -0.15) is 0 Å². The minimum absolute atomic E-state index is 0.0574. The largest absolute Gasteiger partial charge is 0.356 e. The van der Waals surface area contributed by atoms with E-state index >= 15 is 0 Å². The van der Waals surface area contributed by atoms with Gasteiger partial charge < -0.3 is 16.0 Å². The predicted molar refractivity (Wildman–Crippen MR) is 66.3 cm³/mol. The van der Waals surface area contributed by atoms with E-state index < -0.39 is 6.04 Å². The Kier molecular flexibility index (Phi) is 5.41. The van der Waals surface area contributed by atoms with Gasteiger partial charge in [0.25, 0.3) is 0 Å². The molecular formula is C12H23N3O2. The molecule has 0 aromatic rings. The minimum atomic E-state index is -0.479. The summed E-state index contributed by atoms with van der Waals surface area (Å²) in [6.07, 6.45) is 2.67. The molecule has 0 spiro atoms. The first kappa shape index (κ1) is 14.0. The summed E-state index contributed by atoms with van der Waals surface area (Å²) in [5.41, 5.74) is 5.58. The van der Waals surface area contributed by atoms with E-state index in [0.717, 1.165) is 25.8 Å². The molecule has 1 unspecified atom stereocenters. The first-order valence-corrected chi connectivity index (χ1v) is 6.38. The summed E-state index contributed by atoms with van der Waals surface area (Å²) in [6, 6.07) is -0.479. The van der Waals surface area contributed by atoms with E-state index in [1.807, 2.05) is 6.92 Å². The number of carbonyl (C=O) groups excluding carboxylic acids is 2. The predicted octanol–water partition coefficient (Wildman–Crippen LogP) is 0.0984. The number of carbonyl (C=O) groups is 2. The summed E-state index contributed by atoms with van der Waals surface area (Å²) in [5.74, 6) is -0.0648. The van der Waals surface area contributed by atoms with Crippen LogP contribution in [0.3, 0.4) is 0 Å². The smallest absolute Gasteiger partial charge is 0.239 e. The van der Waals surface area contributed by atoms with Crippen LogP contribution in [-0.2, 0) is 9.59 Å². The molecule has 5 nitrogen and oxygen atoms in total. The number of piperidine rings is 1. The van der Waals surface area contributed by atoms with Crippen molar-refractivity contribution in [2.75, 3.05) is 19.6 Å². The van der Waals surface area contributed by atoms with Gasteiger partial charge in [0.1, 0.15) is 0 Å². The molecule has 1 saturated heterocycles. The molecule has 1 aliphatic rings. The Bertz CT molecular complexity index is 279. The van der Waals surface area contributed by atoms with Crippen molar-refractivity contribution in [3.63, 3.8) is 0 Å². The molecule has 2 atom stereocenters. The third-order valence-electron chi connectivity index (χ3n) is 3.04. The molecule has 0 saturated carbocycles. The molecule has 1 heterocycles. The SMILES string of the molecule is CCCNC(=O)C1CCCN(C(=O)[C@H](C)N)C1. The van der Waals surface area contributed by atoms with Crippen molar-refractivity contribution in [3.8, 4) is 0 Å². The van der Waals surface area contributed by atoms with Crippen LogP contribution in [-0.4, -0.2) is 42.4 Å². The van der Waals surface area contributed by atoms with Gasteiger partial charge in [-0.3, -0.25) is 9.59 Å². The number of amides is 2. The second-order valence-electron chi connectivity index (χ2n) is 4.70. The monoisotopic (exact) mass is 241 g/mol. The van der Waals surface area contributed by atoms with Gasteiger partial charge in [0.2, 0.25) is 11.8 Å². The number of nitrogens with zero attached hydrogens (tertiary/aromatic N) is 1. The van der Waals surface area contributed by atoms with Crippen molar-refractivity contribution >= 4 is 11.8 Å². The van der Waals surface area contributed by atoms with E-state index in [2.05, 4.69) is 5.32 Å². The Morgan fingerprint density at radius 1 is 1.53 bits per heavy atom. The maximum atomic E-state index is 11.8. The first-order chi connectivity index (χ1) is 8.06. The van der Waals surface area contributed by atoms with Crippen molar-refractivity contribution in [3.05, 3.63) is 0 Å². The van der Waals surface area contributed by atoms with Crippen LogP contribution in [0.1, 0.15) is 33.1 Å². The van der Waals surface area contributed by atoms with Gasteiger partial charge in [-0.05, 0) is 26.2 Å². The highest BCUT2D eigenvalue weighted by Gasteiger charge is 2.29. The van der Waals surface area contributed by atoms with E-state index in [1.165, 1.54) is 0 Å². The maximum Gasteiger partial charge on any atom is 0.239 e. The van der Waals surface area contributed by atoms with Crippen LogP contribution in [0.2, 0.25) is 0 Å². The van der Waals surface area contributed by atoms with Crippen molar-refractivity contribution in [2.24, 2.45) is 11.7 Å². The molecule has 0 radical (unpaired) electrons. The summed E-state index contributed by atoms with van der Waals surface area (Å²) in [5, 5.41) is 2.88. The number of likely N-dealkylation sites (tertiary alicyclic amines) is 1. The topological polar surface area (TPSA) is 75.4 Å². The highest BCUT2D eigenvalue weighted by molar-refractivity contribution is 5.83. The van der Waals surface area contributed by atoms with Gasteiger partial charge in [-0.1, -0.05) is 6.92 Å². The molecule has 2 amide bonds. The average Bonchev–Trinajstić information content (AvgIpc) is 2.35. The Balaban J connectivity index is 2.48. The Morgan fingerprint density at radius 3 is 2.82 bits per heavy atom. The fourth-order valence-electron chi connectivity index (χ4n) is 2.07. The number of rotatable bonds is 4. The van der Waals surface area contributed by atoms with E-state index in [9.17, 15) is 9.59 Å². The normalized spacial score (nSPS) is 22.1. The lowest BCUT2D eigenvalue weighted by Crippen LogP contribution is -2.49. The third-order valence-corrected chi connectivity index (χ3v) is 3.04. The molecular weight excluding hydrogens is 218 g/mol. The zero-order chi connectivity index (χ0) is 12.8. The van der Waals surface area contributed by atoms with E-state index in [1.54, 1.807) is 11.8 Å². The Hall–Kier alpha value is -1.10. The summed E-state index contributed by atoms with van der Waals surface area (Å²) in [6.45, 7) is 5.64. The average molecular weight is 241 g/mol. The minimum Gasteiger partial charge on any atom is -0.356 e. The van der Waals surface area contributed by atoms with Gasteiger partial charge in [-0.15, -0.1) is 0 Å². The van der Waals surface area contributed by atoms with Crippen molar-refractivity contribution < 1.29 is 9.59 Å². The van der Waals surface area contributed by atoms with E-state index in [-0.39, 0.29) is 17.7 Å². The summed E-state index contributed by atoms with van der Waals surface area (Å²) in [7, 11) is 0. The Labute approximate surface area is 103 Å². The van der Waals surface area contributed by atoms with Crippen molar-refractivity contribution in [1.82, 2.24) is 10.2 Å². The van der Waals surface area contributed by atoms with Crippen LogP contribution in [0.25, 0.3) is 0 Å². The first-order valence-electron chi connectivity index (χ1n) is 6.38. The molecule has 1 rings (SSSR count). The zero-order valence-corrected chi connectivity index (χ0v) is 10.7. The fraction of sp³-hybridized carbons (Fsp3) is 0.833. The second-order valence-corrected chi connectivity index (χ2v) is 4.70. The number of hydrogen-bond donors (Lipinski definition) is 2. The summed E-state index contributed by atoms with van der Waals surface area (Å²) in [4.78, 5) is 25.3. The second kappa shape index (κ2) is 6.59. The lowest BCUT2D eigenvalue weighted by atomic mass is 9.96. The molecule has 0 aromatic heterocycles. The van der Waals surface area contributed by atoms with Crippen LogP contribution in [0.5, 0.6) is 0 Å². The number of hydrogen-bond acceptors (Lipinski definition) is 3. The Morgan fingerprint density at radius 2 is 2.24 bits per heavy atom. The molecule has 3 N–H and O–H groups in total. The quantitative estimate of drug-likeness (QED) is 0.733. The zero-order valence-electron chi connectivity index (χ0n) is 10.7. The third kappa shape index (κ3) is 4.00. The van der Waals surface area contributed by atoms with E-state index in [0.29, 0.717) is 13.1 Å². The van der Waals surface area contributed by atoms with Crippen LogP contribution >= 0.6 is 0 Å².